The van der Waals surface area contributed by atoms with Gasteiger partial charge in [-0.3, -0.25) is 0 Å². The number of para-hydroxylation sites is 1. The summed E-state index contributed by atoms with van der Waals surface area (Å²) >= 11 is 1.85. The van der Waals surface area contributed by atoms with Gasteiger partial charge in [-0.25, -0.2) is 4.98 Å². The summed E-state index contributed by atoms with van der Waals surface area (Å²) in [5, 5.41) is 5.14. The van der Waals surface area contributed by atoms with Crippen molar-refractivity contribution in [2.45, 2.75) is 38.3 Å². The zero-order valence-corrected chi connectivity index (χ0v) is 12.6. The fourth-order valence-corrected chi connectivity index (χ4v) is 5.96. The summed E-state index contributed by atoms with van der Waals surface area (Å²) in [5.41, 5.74) is 1.15. The van der Waals surface area contributed by atoms with Gasteiger partial charge in [0.25, 0.3) is 0 Å². The molecule has 0 spiro atoms. The fraction of sp³-hybridized carbons (Fsp3) is 0.588. The summed E-state index contributed by atoms with van der Waals surface area (Å²) in [6, 6.07) is 9.67. The van der Waals surface area contributed by atoms with Gasteiger partial charge in [0.15, 0.2) is 0 Å². The van der Waals surface area contributed by atoms with E-state index in [-0.39, 0.29) is 0 Å². The number of nitrogens with one attached hydrogen (secondary N) is 1. The molecule has 5 atom stereocenters. The Morgan fingerprint density at radius 2 is 1.95 bits per heavy atom. The molecule has 3 aliphatic carbocycles. The second-order valence-corrected chi connectivity index (χ2v) is 7.98. The van der Waals surface area contributed by atoms with Gasteiger partial charge in [-0.05, 0) is 62.0 Å². The Labute approximate surface area is 123 Å². The highest BCUT2D eigenvalue weighted by atomic mass is 32.1. The molecule has 1 aromatic heterocycles. The lowest BCUT2D eigenvalue weighted by Gasteiger charge is -2.14. The Morgan fingerprint density at radius 1 is 1.20 bits per heavy atom. The first-order valence-electron chi connectivity index (χ1n) is 7.93. The van der Waals surface area contributed by atoms with Crippen LogP contribution >= 0.6 is 11.3 Å². The van der Waals surface area contributed by atoms with Gasteiger partial charge in [0.1, 0.15) is 5.01 Å². The highest BCUT2D eigenvalue weighted by molar-refractivity contribution is 7.18. The van der Waals surface area contributed by atoms with Gasteiger partial charge in [-0.1, -0.05) is 12.1 Å². The Kier molecular flexibility index (Phi) is 2.37. The van der Waals surface area contributed by atoms with Crippen molar-refractivity contribution in [1.29, 1.82) is 0 Å². The lowest BCUT2D eigenvalue weighted by atomic mass is 10.0. The van der Waals surface area contributed by atoms with E-state index in [1.54, 1.807) is 0 Å². The SMILES string of the molecule is CC(NC1C2C3CCC(C3)C12)c1nc2ccccc2s1. The molecule has 1 heterocycles. The lowest BCUT2D eigenvalue weighted by Crippen LogP contribution is -2.26. The van der Waals surface area contributed by atoms with Gasteiger partial charge in [-0.2, -0.15) is 0 Å². The first-order valence-corrected chi connectivity index (χ1v) is 8.74. The second-order valence-electron chi connectivity index (χ2n) is 6.92. The summed E-state index contributed by atoms with van der Waals surface area (Å²) in [5.74, 6) is 4.10. The summed E-state index contributed by atoms with van der Waals surface area (Å²) in [7, 11) is 0. The molecule has 3 fully saturated rings. The molecule has 1 aromatic carbocycles. The van der Waals surface area contributed by atoms with E-state index in [9.17, 15) is 0 Å². The summed E-state index contributed by atoms with van der Waals surface area (Å²) < 4.78 is 1.31. The molecular formula is C17H20N2S. The van der Waals surface area contributed by atoms with Crippen LogP contribution in [-0.2, 0) is 0 Å². The minimum absolute atomic E-state index is 0.405. The average Bonchev–Trinajstić information content (AvgIpc) is 2.91. The molecule has 1 N–H and O–H groups in total. The molecule has 5 rings (SSSR count). The maximum Gasteiger partial charge on any atom is 0.111 e. The van der Waals surface area contributed by atoms with Gasteiger partial charge in [0, 0.05) is 6.04 Å². The number of rotatable bonds is 3. The van der Waals surface area contributed by atoms with E-state index in [2.05, 4.69) is 36.5 Å². The topological polar surface area (TPSA) is 24.9 Å². The third-order valence-electron chi connectivity index (χ3n) is 5.86. The van der Waals surface area contributed by atoms with Crippen molar-refractivity contribution >= 4 is 21.6 Å². The molecule has 3 heteroatoms. The van der Waals surface area contributed by atoms with Crippen LogP contribution in [0.5, 0.6) is 0 Å². The standard InChI is InChI=1S/C17H20N2S/c1-9(17-19-12-4-2-3-5-13(12)20-17)18-16-14-10-6-7-11(8-10)15(14)16/h2-5,9-11,14-16,18H,6-8H2,1H3. The number of hydrogen-bond donors (Lipinski definition) is 1. The van der Waals surface area contributed by atoms with E-state index in [0.29, 0.717) is 6.04 Å². The predicted octanol–water partition coefficient (Wildman–Crippen LogP) is 3.99. The van der Waals surface area contributed by atoms with Gasteiger partial charge in [0.05, 0.1) is 16.3 Å². The fourth-order valence-electron chi connectivity index (χ4n) is 4.98. The average molecular weight is 284 g/mol. The van der Waals surface area contributed by atoms with Crippen molar-refractivity contribution in [2.24, 2.45) is 23.7 Å². The first-order chi connectivity index (χ1) is 9.81. The van der Waals surface area contributed by atoms with E-state index < -0.39 is 0 Å². The van der Waals surface area contributed by atoms with Crippen LogP contribution in [0.4, 0.5) is 0 Å². The molecule has 20 heavy (non-hydrogen) atoms. The van der Waals surface area contributed by atoms with Crippen molar-refractivity contribution in [2.75, 3.05) is 0 Å². The van der Waals surface area contributed by atoms with Crippen LogP contribution in [0.3, 0.4) is 0 Å². The normalized spacial score (nSPS) is 39.1. The van der Waals surface area contributed by atoms with Crippen LogP contribution in [-0.4, -0.2) is 11.0 Å². The molecule has 0 saturated heterocycles. The van der Waals surface area contributed by atoms with E-state index in [4.69, 9.17) is 4.98 Å². The Balaban J connectivity index is 1.35. The van der Waals surface area contributed by atoms with Crippen LogP contribution in [0.1, 0.15) is 37.2 Å². The summed E-state index contributed by atoms with van der Waals surface area (Å²) in [6.07, 6.45) is 4.53. The lowest BCUT2D eigenvalue weighted by molar-refractivity contribution is 0.433. The smallest absolute Gasteiger partial charge is 0.111 e. The molecule has 2 nitrogen and oxygen atoms in total. The Bertz CT molecular complexity index is 615. The Hall–Kier alpha value is -0.930. The van der Waals surface area contributed by atoms with Crippen molar-refractivity contribution in [1.82, 2.24) is 10.3 Å². The molecule has 0 radical (unpaired) electrons. The molecule has 3 saturated carbocycles. The van der Waals surface area contributed by atoms with E-state index in [0.717, 1.165) is 35.2 Å². The molecule has 2 bridgehead atoms. The van der Waals surface area contributed by atoms with Crippen LogP contribution in [0, 0.1) is 23.7 Å². The maximum absolute atomic E-state index is 4.80. The maximum atomic E-state index is 4.80. The minimum Gasteiger partial charge on any atom is -0.305 e. The number of thiazole rings is 1. The Morgan fingerprint density at radius 3 is 2.70 bits per heavy atom. The summed E-state index contributed by atoms with van der Waals surface area (Å²) in [4.78, 5) is 4.80. The van der Waals surface area contributed by atoms with Crippen molar-refractivity contribution in [3.63, 3.8) is 0 Å². The van der Waals surface area contributed by atoms with Crippen molar-refractivity contribution < 1.29 is 0 Å². The quantitative estimate of drug-likeness (QED) is 0.921. The molecule has 3 aliphatic rings. The van der Waals surface area contributed by atoms with Crippen LogP contribution in [0.15, 0.2) is 24.3 Å². The van der Waals surface area contributed by atoms with Gasteiger partial charge < -0.3 is 5.32 Å². The molecule has 0 aliphatic heterocycles. The minimum atomic E-state index is 0.405. The van der Waals surface area contributed by atoms with E-state index in [1.807, 2.05) is 11.3 Å². The van der Waals surface area contributed by atoms with E-state index in [1.165, 1.54) is 29.0 Å². The zero-order chi connectivity index (χ0) is 13.3. The number of fused-ring (bicyclic) bond motifs is 6. The number of nitrogens with zero attached hydrogens (tertiary/aromatic N) is 1. The molecule has 0 amide bonds. The third-order valence-corrected chi connectivity index (χ3v) is 7.08. The van der Waals surface area contributed by atoms with Gasteiger partial charge in [0.2, 0.25) is 0 Å². The molecular weight excluding hydrogens is 264 g/mol. The summed E-state index contributed by atoms with van der Waals surface area (Å²) in [6.45, 7) is 2.29. The number of benzene rings is 1. The molecule has 5 unspecified atom stereocenters. The van der Waals surface area contributed by atoms with Crippen LogP contribution in [0.2, 0.25) is 0 Å². The van der Waals surface area contributed by atoms with Gasteiger partial charge in [-0.15, -0.1) is 11.3 Å². The highest BCUT2D eigenvalue weighted by Crippen LogP contribution is 2.65. The monoisotopic (exact) mass is 284 g/mol. The van der Waals surface area contributed by atoms with Crippen molar-refractivity contribution in [3.05, 3.63) is 29.3 Å². The van der Waals surface area contributed by atoms with Gasteiger partial charge >= 0.3 is 0 Å². The second kappa shape index (κ2) is 4.05. The van der Waals surface area contributed by atoms with Crippen molar-refractivity contribution in [3.8, 4) is 0 Å². The molecule has 104 valence electrons. The third kappa shape index (κ3) is 1.57. The van der Waals surface area contributed by atoms with E-state index >= 15 is 0 Å². The number of aromatic nitrogens is 1. The highest BCUT2D eigenvalue weighted by Gasteiger charge is 2.64. The van der Waals surface area contributed by atoms with Crippen LogP contribution < -0.4 is 5.32 Å². The predicted molar refractivity (Wildman–Crippen MR) is 82.8 cm³/mol. The first kappa shape index (κ1) is 11.7. The largest absolute Gasteiger partial charge is 0.305 e. The molecule has 2 aromatic rings. The number of hydrogen-bond acceptors (Lipinski definition) is 3. The van der Waals surface area contributed by atoms with Crippen LogP contribution in [0.25, 0.3) is 10.2 Å². The zero-order valence-electron chi connectivity index (χ0n) is 11.8.